The van der Waals surface area contributed by atoms with Crippen LogP contribution in [0, 0.1) is 23.7 Å². The summed E-state index contributed by atoms with van der Waals surface area (Å²) in [6.07, 6.45) is 46.0. The Bertz CT molecular complexity index is 1820. The monoisotopic (exact) mass is 1350 g/mol. The third-order valence-corrected chi connectivity index (χ3v) is 18.7. The van der Waals surface area contributed by atoms with Gasteiger partial charge in [-0.2, -0.15) is 0 Å². The Balaban J connectivity index is 5.21. The van der Waals surface area contributed by atoms with Crippen LogP contribution in [0.5, 0.6) is 0 Å². The summed E-state index contributed by atoms with van der Waals surface area (Å²) in [4.78, 5) is 72.6. The maximum atomic E-state index is 13.0. The van der Waals surface area contributed by atoms with Gasteiger partial charge in [0, 0.05) is 25.7 Å². The highest BCUT2D eigenvalue weighted by Crippen LogP contribution is 2.45. The van der Waals surface area contributed by atoms with Crippen molar-refractivity contribution in [1.82, 2.24) is 0 Å². The van der Waals surface area contributed by atoms with E-state index in [9.17, 15) is 43.2 Å². The molecule has 0 aromatic rings. The largest absolute Gasteiger partial charge is 0.472 e. The summed E-state index contributed by atoms with van der Waals surface area (Å²) in [6.45, 7) is 14.1. The highest BCUT2D eigenvalue weighted by molar-refractivity contribution is 7.47. The zero-order chi connectivity index (χ0) is 68.2. The molecule has 0 spiro atoms. The molecule has 0 radical (unpaired) electrons. The number of phosphoric acid groups is 2. The van der Waals surface area contributed by atoms with Gasteiger partial charge in [0.25, 0.3) is 0 Å². The molecule has 0 aromatic heterocycles. The lowest BCUT2D eigenvalue weighted by Crippen LogP contribution is -2.30. The first-order valence-electron chi connectivity index (χ1n) is 37.7. The van der Waals surface area contributed by atoms with Crippen LogP contribution in [0.15, 0.2) is 0 Å². The zero-order valence-electron chi connectivity index (χ0n) is 60.2. The van der Waals surface area contributed by atoms with E-state index in [-0.39, 0.29) is 25.7 Å². The van der Waals surface area contributed by atoms with Crippen molar-refractivity contribution >= 4 is 39.5 Å². The van der Waals surface area contributed by atoms with Crippen LogP contribution in [0.4, 0.5) is 0 Å². The molecule has 0 aliphatic heterocycles. The molecule has 0 fully saturated rings. The van der Waals surface area contributed by atoms with E-state index >= 15 is 0 Å². The van der Waals surface area contributed by atoms with Gasteiger partial charge in [0.15, 0.2) is 12.2 Å². The summed E-state index contributed by atoms with van der Waals surface area (Å²) in [7, 11) is -9.91. The second-order valence-corrected chi connectivity index (χ2v) is 31.1. The Morgan fingerprint density at radius 1 is 0.272 bits per heavy atom. The van der Waals surface area contributed by atoms with Gasteiger partial charge >= 0.3 is 39.5 Å². The second kappa shape index (κ2) is 62.6. The molecule has 17 nitrogen and oxygen atoms in total. The fraction of sp³-hybridized carbons (Fsp3) is 0.945. The molecule has 19 heteroatoms. The Morgan fingerprint density at radius 2 is 0.457 bits per heavy atom. The van der Waals surface area contributed by atoms with Gasteiger partial charge in [-0.15, -0.1) is 0 Å². The first-order valence-corrected chi connectivity index (χ1v) is 40.7. The lowest BCUT2D eigenvalue weighted by atomic mass is 10.0. The highest BCUT2D eigenvalue weighted by atomic mass is 31.2. The van der Waals surface area contributed by atoms with E-state index in [1.165, 1.54) is 161 Å². The van der Waals surface area contributed by atoms with Crippen LogP contribution in [0.25, 0.3) is 0 Å². The number of ether oxygens (including phenoxy) is 4. The number of esters is 4. The summed E-state index contributed by atoms with van der Waals surface area (Å²) in [5, 5.41) is 10.6. The number of carbonyl (C=O) groups excluding carboxylic acids is 4. The summed E-state index contributed by atoms with van der Waals surface area (Å²) < 4.78 is 68.4. The Labute approximate surface area is 562 Å². The average molecular weight is 1350 g/mol. The molecule has 0 saturated carbocycles. The molecule has 5 atom stereocenters. The summed E-state index contributed by atoms with van der Waals surface area (Å²) in [5.41, 5.74) is 0. The average Bonchev–Trinajstić information content (AvgIpc) is 2.38. The Morgan fingerprint density at radius 3 is 0.674 bits per heavy atom. The number of aliphatic hydroxyl groups is 1. The standard InChI is InChI=1S/C73H142O17P2/c1-63(2)49-41-33-25-19-15-11-9-10-12-18-22-29-39-47-55-72(77)89-69(60-84-71(76)54-46-38-32-31-36-44-52-66(7)8)62-88-92(81,82)86-58-67(74)57-85-91(79,80)87-61-68(90-73(78)56-48-40-30-24-23-27-35-43-51-65(5)6)59-83-70(75)53-45-37-28-21-17-14-13-16-20-26-34-42-50-64(3)4/h63-69,74H,9-62H2,1-8H3,(H,79,80)(H,81,82)/t67?,68-,69-/m1/s1. The minimum Gasteiger partial charge on any atom is -0.462 e. The molecule has 3 N–H and O–H groups in total. The van der Waals surface area contributed by atoms with Gasteiger partial charge < -0.3 is 33.8 Å². The molecule has 0 amide bonds. The first kappa shape index (κ1) is 90.1. The van der Waals surface area contributed by atoms with Gasteiger partial charge in [-0.25, -0.2) is 9.13 Å². The van der Waals surface area contributed by atoms with Crippen LogP contribution in [0.2, 0.25) is 0 Å². The Hall–Kier alpha value is -1.94. The van der Waals surface area contributed by atoms with Gasteiger partial charge in [0.2, 0.25) is 0 Å². The third-order valence-electron chi connectivity index (χ3n) is 16.8. The van der Waals surface area contributed by atoms with Gasteiger partial charge in [0.1, 0.15) is 19.3 Å². The predicted molar refractivity (Wildman–Crippen MR) is 372 cm³/mol. The molecule has 3 unspecified atom stereocenters. The van der Waals surface area contributed by atoms with Crippen LogP contribution in [0.3, 0.4) is 0 Å². The quantitative estimate of drug-likeness (QED) is 0.0222. The maximum absolute atomic E-state index is 13.0. The molecule has 0 bridgehead atoms. The predicted octanol–water partition coefficient (Wildman–Crippen LogP) is 20.9. The molecule has 546 valence electrons. The molecular weight excluding hydrogens is 1210 g/mol. The van der Waals surface area contributed by atoms with Crippen LogP contribution < -0.4 is 0 Å². The van der Waals surface area contributed by atoms with Crippen molar-refractivity contribution in [3.63, 3.8) is 0 Å². The van der Waals surface area contributed by atoms with Crippen LogP contribution in [-0.2, 0) is 65.4 Å². The Kier molecular flexibility index (Phi) is 61.3. The maximum Gasteiger partial charge on any atom is 0.472 e. The third kappa shape index (κ3) is 66.7. The molecule has 0 aromatic carbocycles. The number of carbonyl (C=O) groups is 4. The van der Waals surface area contributed by atoms with E-state index in [1.54, 1.807) is 0 Å². The second-order valence-electron chi connectivity index (χ2n) is 28.2. The molecule has 92 heavy (non-hydrogen) atoms. The summed E-state index contributed by atoms with van der Waals surface area (Å²) >= 11 is 0. The molecule has 0 saturated heterocycles. The van der Waals surface area contributed by atoms with Crippen molar-refractivity contribution in [1.29, 1.82) is 0 Å². The number of aliphatic hydroxyl groups excluding tert-OH is 1. The lowest BCUT2D eigenvalue weighted by molar-refractivity contribution is -0.161. The normalized spacial score (nSPS) is 14.2. The van der Waals surface area contributed by atoms with E-state index in [0.29, 0.717) is 31.6 Å². The van der Waals surface area contributed by atoms with E-state index in [0.717, 1.165) is 114 Å². The van der Waals surface area contributed by atoms with Gasteiger partial charge in [-0.1, -0.05) is 312 Å². The fourth-order valence-electron chi connectivity index (χ4n) is 11.0. The number of hydrogen-bond acceptors (Lipinski definition) is 15. The van der Waals surface area contributed by atoms with E-state index in [1.807, 2.05) is 0 Å². The minimum atomic E-state index is -4.95. The van der Waals surface area contributed by atoms with Crippen molar-refractivity contribution in [2.24, 2.45) is 23.7 Å². The minimum absolute atomic E-state index is 0.104. The summed E-state index contributed by atoms with van der Waals surface area (Å²) in [5.74, 6) is 0.847. The van der Waals surface area contributed by atoms with Crippen LogP contribution >= 0.6 is 15.6 Å². The topological polar surface area (TPSA) is 237 Å². The number of phosphoric ester groups is 2. The zero-order valence-corrected chi connectivity index (χ0v) is 62.0. The highest BCUT2D eigenvalue weighted by Gasteiger charge is 2.30. The fourth-order valence-corrected chi connectivity index (χ4v) is 12.6. The molecular formula is C73H142O17P2. The molecule has 0 heterocycles. The molecule has 0 aliphatic carbocycles. The SMILES string of the molecule is CC(C)CCCCCCCCCCCCCCCCC(=O)O[C@H](COC(=O)CCCCCCCCC(C)C)COP(=O)(O)OCC(O)COP(=O)(O)OC[C@@H](COC(=O)CCCCCCCCCCCCCCC(C)C)OC(=O)CCCCCCCCCCC(C)C. The first-order chi connectivity index (χ1) is 44.1. The van der Waals surface area contributed by atoms with E-state index in [2.05, 4.69) is 55.4 Å². The van der Waals surface area contributed by atoms with E-state index < -0.39 is 97.5 Å². The van der Waals surface area contributed by atoms with E-state index in [4.69, 9.17) is 37.0 Å². The number of hydrogen-bond donors (Lipinski definition) is 3. The van der Waals surface area contributed by atoms with Crippen LogP contribution in [-0.4, -0.2) is 96.7 Å². The van der Waals surface area contributed by atoms with Gasteiger partial charge in [0.05, 0.1) is 26.4 Å². The molecule has 0 aliphatic rings. The van der Waals surface area contributed by atoms with Crippen molar-refractivity contribution in [2.75, 3.05) is 39.6 Å². The summed E-state index contributed by atoms with van der Waals surface area (Å²) in [6, 6.07) is 0. The smallest absolute Gasteiger partial charge is 0.462 e. The number of unbranched alkanes of at least 4 members (excludes halogenated alkanes) is 36. The van der Waals surface area contributed by atoms with Crippen molar-refractivity contribution in [3.8, 4) is 0 Å². The van der Waals surface area contributed by atoms with Gasteiger partial charge in [-0.05, 0) is 49.4 Å². The lowest BCUT2D eigenvalue weighted by Gasteiger charge is -2.21. The number of rotatable bonds is 70. The van der Waals surface area contributed by atoms with Crippen molar-refractivity contribution in [3.05, 3.63) is 0 Å². The van der Waals surface area contributed by atoms with Gasteiger partial charge in [-0.3, -0.25) is 37.3 Å². The van der Waals surface area contributed by atoms with Crippen LogP contribution in [0.1, 0.15) is 364 Å². The van der Waals surface area contributed by atoms with Crippen molar-refractivity contribution < 1.29 is 80.2 Å². The van der Waals surface area contributed by atoms with Crippen molar-refractivity contribution in [2.45, 2.75) is 382 Å². The molecule has 0 rings (SSSR count).